The molecule has 0 bridgehead atoms. The Labute approximate surface area is 174 Å². The number of anilines is 1. The maximum atomic E-state index is 13.3. The van der Waals surface area contributed by atoms with Gasteiger partial charge in [-0.15, -0.1) is 11.3 Å². The average Bonchev–Trinajstić information content (AvgIpc) is 3.04. The standard InChI is InChI=1S/C20H24N4O3S2/c1-13-5-6-14(2)17(11-13)22-7-9-23(10-8-22)29(26,27)18-16(4)21-20-24(19(18)25)15(3)12-28-20/h5-6,11-12H,7-10H2,1-4H3. The number of rotatable bonds is 3. The van der Waals surface area contributed by atoms with Gasteiger partial charge in [-0.05, 0) is 44.9 Å². The van der Waals surface area contributed by atoms with E-state index in [0.717, 1.165) is 5.69 Å². The van der Waals surface area contributed by atoms with E-state index in [1.807, 2.05) is 5.38 Å². The summed E-state index contributed by atoms with van der Waals surface area (Å²) in [4.78, 5) is 19.9. The van der Waals surface area contributed by atoms with Gasteiger partial charge >= 0.3 is 0 Å². The Kier molecular flexibility index (Phi) is 5.00. The molecule has 2 aromatic heterocycles. The predicted octanol–water partition coefficient (Wildman–Crippen LogP) is 2.50. The van der Waals surface area contributed by atoms with Crippen LogP contribution < -0.4 is 10.5 Å². The molecule has 1 fully saturated rings. The minimum atomic E-state index is -3.92. The molecular weight excluding hydrogens is 408 g/mol. The summed E-state index contributed by atoms with van der Waals surface area (Å²) in [6.45, 7) is 9.31. The molecule has 7 nitrogen and oxygen atoms in total. The Hall–Kier alpha value is -2.23. The zero-order chi connectivity index (χ0) is 20.9. The van der Waals surface area contributed by atoms with Crippen molar-refractivity contribution in [3.05, 3.63) is 56.4 Å². The maximum Gasteiger partial charge on any atom is 0.279 e. The third kappa shape index (κ3) is 3.37. The minimum Gasteiger partial charge on any atom is -0.369 e. The fraction of sp³-hybridized carbons (Fsp3) is 0.400. The number of aryl methyl sites for hydroxylation is 4. The van der Waals surface area contributed by atoms with E-state index in [1.165, 1.54) is 31.2 Å². The van der Waals surface area contributed by atoms with Crippen molar-refractivity contribution in [1.29, 1.82) is 0 Å². The van der Waals surface area contributed by atoms with Crippen LogP contribution in [0.15, 0.2) is 33.3 Å². The molecule has 0 unspecified atom stereocenters. The Bertz CT molecular complexity index is 1250. The van der Waals surface area contributed by atoms with E-state index in [9.17, 15) is 13.2 Å². The quantitative estimate of drug-likeness (QED) is 0.636. The molecule has 1 aromatic carbocycles. The first kappa shape index (κ1) is 20.1. The highest BCUT2D eigenvalue weighted by Gasteiger charge is 2.33. The fourth-order valence-corrected chi connectivity index (χ4v) is 6.36. The third-order valence-electron chi connectivity index (χ3n) is 5.41. The highest BCUT2D eigenvalue weighted by atomic mass is 32.2. The maximum absolute atomic E-state index is 13.3. The fourth-order valence-electron chi connectivity index (χ4n) is 3.82. The normalized spacial score (nSPS) is 15.9. The summed E-state index contributed by atoms with van der Waals surface area (Å²) in [5.41, 5.74) is 3.92. The van der Waals surface area contributed by atoms with E-state index in [1.54, 1.807) is 13.8 Å². The van der Waals surface area contributed by atoms with Crippen molar-refractivity contribution >= 4 is 32.0 Å². The molecule has 3 aromatic rings. The highest BCUT2D eigenvalue weighted by Crippen LogP contribution is 2.25. The van der Waals surface area contributed by atoms with Crippen molar-refractivity contribution in [1.82, 2.24) is 13.7 Å². The summed E-state index contributed by atoms with van der Waals surface area (Å²) in [7, 11) is -3.92. The SMILES string of the molecule is Cc1ccc(C)c(N2CCN(S(=O)(=O)c3c(C)nc4scc(C)n4c3=O)CC2)c1. The van der Waals surface area contributed by atoms with Crippen LogP contribution in [0.25, 0.3) is 4.96 Å². The first-order chi connectivity index (χ1) is 13.7. The molecule has 0 aliphatic carbocycles. The molecule has 9 heteroatoms. The number of hydrogen-bond acceptors (Lipinski definition) is 6. The van der Waals surface area contributed by atoms with Crippen LogP contribution in [0.5, 0.6) is 0 Å². The molecule has 4 rings (SSSR count). The number of aromatic nitrogens is 2. The topological polar surface area (TPSA) is 75.0 Å². The molecule has 0 radical (unpaired) electrons. The van der Waals surface area contributed by atoms with Crippen LogP contribution in [-0.4, -0.2) is 48.3 Å². The van der Waals surface area contributed by atoms with E-state index >= 15 is 0 Å². The molecule has 3 heterocycles. The number of hydrogen-bond donors (Lipinski definition) is 0. The van der Waals surface area contributed by atoms with E-state index in [4.69, 9.17) is 0 Å². The molecule has 0 amide bonds. The first-order valence-corrected chi connectivity index (χ1v) is 11.8. The molecule has 1 saturated heterocycles. The summed E-state index contributed by atoms with van der Waals surface area (Å²) in [5.74, 6) is 0. The minimum absolute atomic E-state index is 0.211. The van der Waals surface area contributed by atoms with Crippen LogP contribution >= 0.6 is 11.3 Å². The van der Waals surface area contributed by atoms with Gasteiger partial charge in [-0.1, -0.05) is 12.1 Å². The summed E-state index contributed by atoms with van der Waals surface area (Å²) in [5, 5.41) is 1.81. The lowest BCUT2D eigenvalue weighted by molar-refractivity contribution is 0.383. The van der Waals surface area contributed by atoms with Gasteiger partial charge in [0.25, 0.3) is 15.6 Å². The van der Waals surface area contributed by atoms with Gasteiger partial charge in [-0.2, -0.15) is 4.31 Å². The van der Waals surface area contributed by atoms with Crippen molar-refractivity contribution in [2.45, 2.75) is 32.6 Å². The second-order valence-corrected chi connectivity index (χ2v) is 10.2. The van der Waals surface area contributed by atoms with Crippen LogP contribution in [0, 0.1) is 27.7 Å². The predicted molar refractivity (Wildman–Crippen MR) is 116 cm³/mol. The van der Waals surface area contributed by atoms with Gasteiger partial charge in [0.05, 0.1) is 5.69 Å². The van der Waals surface area contributed by atoms with E-state index in [2.05, 4.69) is 41.9 Å². The Balaban J connectivity index is 1.65. The van der Waals surface area contributed by atoms with Gasteiger partial charge in [0, 0.05) is 42.9 Å². The molecule has 154 valence electrons. The number of sulfonamides is 1. The van der Waals surface area contributed by atoms with Crippen LogP contribution in [0.2, 0.25) is 0 Å². The van der Waals surface area contributed by atoms with Gasteiger partial charge in [0.1, 0.15) is 0 Å². The van der Waals surface area contributed by atoms with Crippen molar-refractivity contribution in [3.8, 4) is 0 Å². The molecule has 0 saturated carbocycles. The molecule has 1 aliphatic rings. The first-order valence-electron chi connectivity index (χ1n) is 9.50. The molecule has 1 aliphatic heterocycles. The Morgan fingerprint density at radius 3 is 2.41 bits per heavy atom. The van der Waals surface area contributed by atoms with E-state index in [-0.39, 0.29) is 10.6 Å². The van der Waals surface area contributed by atoms with Crippen LogP contribution in [0.1, 0.15) is 22.5 Å². The molecule has 0 N–H and O–H groups in total. The third-order valence-corrected chi connectivity index (χ3v) is 8.38. The second-order valence-electron chi connectivity index (χ2n) is 7.51. The Morgan fingerprint density at radius 2 is 1.72 bits per heavy atom. The summed E-state index contributed by atoms with van der Waals surface area (Å²) in [6, 6.07) is 6.29. The average molecular weight is 433 g/mol. The lowest BCUT2D eigenvalue weighted by atomic mass is 10.1. The smallest absolute Gasteiger partial charge is 0.279 e. The lowest BCUT2D eigenvalue weighted by Crippen LogP contribution is -2.50. The zero-order valence-corrected chi connectivity index (χ0v) is 18.6. The van der Waals surface area contributed by atoms with Gasteiger partial charge in [-0.25, -0.2) is 13.4 Å². The summed E-state index contributed by atoms with van der Waals surface area (Å²) >= 11 is 1.33. The number of benzene rings is 1. The molecule has 0 spiro atoms. The lowest BCUT2D eigenvalue weighted by Gasteiger charge is -2.36. The van der Waals surface area contributed by atoms with Gasteiger partial charge in [0.2, 0.25) is 0 Å². The summed E-state index contributed by atoms with van der Waals surface area (Å²) in [6.07, 6.45) is 0. The zero-order valence-electron chi connectivity index (χ0n) is 17.0. The Morgan fingerprint density at radius 1 is 1.03 bits per heavy atom. The van der Waals surface area contributed by atoms with Crippen molar-refractivity contribution in [2.75, 3.05) is 31.1 Å². The van der Waals surface area contributed by atoms with Gasteiger partial charge in [-0.3, -0.25) is 9.20 Å². The summed E-state index contributed by atoms with van der Waals surface area (Å²) < 4.78 is 29.5. The van der Waals surface area contributed by atoms with Gasteiger partial charge < -0.3 is 4.90 Å². The number of nitrogens with zero attached hydrogens (tertiary/aromatic N) is 4. The van der Waals surface area contributed by atoms with Gasteiger partial charge in [0.15, 0.2) is 9.86 Å². The number of fused-ring (bicyclic) bond motifs is 1. The second kappa shape index (κ2) is 7.23. The van der Waals surface area contributed by atoms with Crippen molar-refractivity contribution < 1.29 is 8.42 Å². The molecule has 0 atom stereocenters. The van der Waals surface area contributed by atoms with Crippen LogP contribution in [-0.2, 0) is 10.0 Å². The van der Waals surface area contributed by atoms with E-state index < -0.39 is 15.6 Å². The highest BCUT2D eigenvalue weighted by molar-refractivity contribution is 7.89. The number of piperazine rings is 1. The molecule has 29 heavy (non-hydrogen) atoms. The van der Waals surface area contributed by atoms with Crippen LogP contribution in [0.4, 0.5) is 5.69 Å². The van der Waals surface area contributed by atoms with E-state index in [0.29, 0.717) is 36.8 Å². The largest absolute Gasteiger partial charge is 0.369 e. The number of thiazole rings is 1. The molecular formula is C20H24N4O3S2. The van der Waals surface area contributed by atoms with Crippen molar-refractivity contribution in [3.63, 3.8) is 0 Å². The van der Waals surface area contributed by atoms with Crippen molar-refractivity contribution in [2.24, 2.45) is 0 Å². The van der Waals surface area contributed by atoms with Crippen LogP contribution in [0.3, 0.4) is 0 Å². The monoisotopic (exact) mass is 432 g/mol.